The molecule has 2 atom stereocenters. The van der Waals surface area contributed by atoms with Gasteiger partial charge in [-0.1, -0.05) is 48.5 Å². The topological polar surface area (TPSA) is 29.5 Å². The summed E-state index contributed by atoms with van der Waals surface area (Å²) in [5.41, 5.74) is 6.40. The number of rotatable bonds is 3. The highest BCUT2D eigenvalue weighted by Gasteiger charge is 2.45. The van der Waals surface area contributed by atoms with Gasteiger partial charge in [0.2, 0.25) is 0 Å². The SMILES string of the molecule is CCOC(=O)C1CCN(C2CCC3(Cc4ccccc4Cc4ccccc43)C2)CC1. The maximum absolute atomic E-state index is 12.1. The molecule has 0 amide bonds. The van der Waals surface area contributed by atoms with E-state index in [0.717, 1.165) is 38.8 Å². The van der Waals surface area contributed by atoms with Crippen molar-refractivity contribution in [3.8, 4) is 0 Å². The van der Waals surface area contributed by atoms with Gasteiger partial charge >= 0.3 is 5.97 Å². The minimum Gasteiger partial charge on any atom is -0.466 e. The zero-order valence-electron chi connectivity index (χ0n) is 18.1. The Bertz CT molecular complexity index is 915. The standard InChI is InChI=1S/C27H33NO2/c1-2-30-26(29)20-12-15-28(16-13-20)24-11-14-27(19-24)18-23-9-4-3-7-21(23)17-22-8-5-6-10-25(22)27/h3-10,20,24H,2,11-19H2,1H3. The molecule has 0 bridgehead atoms. The van der Waals surface area contributed by atoms with E-state index in [0.29, 0.717) is 12.6 Å². The number of hydrogen-bond donors (Lipinski definition) is 0. The van der Waals surface area contributed by atoms with Crippen LogP contribution in [0.15, 0.2) is 48.5 Å². The van der Waals surface area contributed by atoms with Gasteiger partial charge in [0.25, 0.3) is 0 Å². The zero-order valence-corrected chi connectivity index (χ0v) is 18.1. The number of likely N-dealkylation sites (tertiary alicyclic amines) is 1. The molecule has 1 saturated heterocycles. The summed E-state index contributed by atoms with van der Waals surface area (Å²) in [6.07, 6.45) is 7.88. The molecule has 158 valence electrons. The molecule has 1 spiro atoms. The Morgan fingerprint density at radius 3 is 2.47 bits per heavy atom. The number of nitrogens with zero attached hydrogens (tertiary/aromatic N) is 1. The summed E-state index contributed by atoms with van der Waals surface area (Å²) in [7, 11) is 0. The van der Waals surface area contributed by atoms with Crippen LogP contribution in [0.2, 0.25) is 0 Å². The molecule has 2 aromatic rings. The van der Waals surface area contributed by atoms with Crippen LogP contribution in [-0.4, -0.2) is 36.6 Å². The third kappa shape index (κ3) is 3.58. The number of esters is 1. The highest BCUT2D eigenvalue weighted by Crippen LogP contribution is 2.49. The van der Waals surface area contributed by atoms with Gasteiger partial charge in [-0.2, -0.15) is 0 Å². The summed E-state index contributed by atoms with van der Waals surface area (Å²) in [6, 6.07) is 18.9. The summed E-state index contributed by atoms with van der Waals surface area (Å²) in [5, 5.41) is 0. The molecule has 0 N–H and O–H groups in total. The monoisotopic (exact) mass is 403 g/mol. The minimum atomic E-state index is 0.00865. The number of ether oxygens (including phenoxy) is 1. The first-order valence-corrected chi connectivity index (χ1v) is 11.7. The third-order valence-electron chi connectivity index (χ3n) is 7.87. The lowest BCUT2D eigenvalue weighted by atomic mass is 9.73. The highest BCUT2D eigenvalue weighted by atomic mass is 16.5. The van der Waals surface area contributed by atoms with Crippen molar-refractivity contribution in [2.75, 3.05) is 19.7 Å². The van der Waals surface area contributed by atoms with Crippen molar-refractivity contribution in [3.05, 3.63) is 70.8 Å². The van der Waals surface area contributed by atoms with Gasteiger partial charge in [0.05, 0.1) is 12.5 Å². The van der Waals surface area contributed by atoms with Crippen molar-refractivity contribution in [2.24, 2.45) is 5.92 Å². The van der Waals surface area contributed by atoms with E-state index in [9.17, 15) is 4.79 Å². The summed E-state index contributed by atoms with van der Waals surface area (Å²) < 4.78 is 5.26. The van der Waals surface area contributed by atoms with Crippen LogP contribution < -0.4 is 0 Å². The van der Waals surface area contributed by atoms with Crippen LogP contribution in [0.1, 0.15) is 61.3 Å². The van der Waals surface area contributed by atoms with E-state index >= 15 is 0 Å². The van der Waals surface area contributed by atoms with Crippen molar-refractivity contribution in [1.29, 1.82) is 0 Å². The fraction of sp³-hybridized carbons (Fsp3) is 0.519. The molecule has 0 aromatic heterocycles. The Hall–Kier alpha value is -2.13. The molecule has 30 heavy (non-hydrogen) atoms. The molecule has 2 aliphatic carbocycles. The Kier molecular flexibility index (Phi) is 5.41. The summed E-state index contributed by atoms with van der Waals surface area (Å²) in [5.74, 6) is 0.108. The number of fused-ring (bicyclic) bond motifs is 3. The zero-order chi connectivity index (χ0) is 20.6. The predicted octanol–water partition coefficient (Wildman–Crippen LogP) is 4.90. The number of piperidine rings is 1. The molecule has 1 aliphatic heterocycles. The van der Waals surface area contributed by atoms with Gasteiger partial charge in [0.15, 0.2) is 0 Å². The normalized spacial score (nSPS) is 26.8. The first-order chi connectivity index (χ1) is 14.7. The average molecular weight is 404 g/mol. The molecule has 2 fully saturated rings. The number of carbonyl (C=O) groups is 1. The first-order valence-electron chi connectivity index (χ1n) is 11.7. The van der Waals surface area contributed by atoms with Gasteiger partial charge in [-0.15, -0.1) is 0 Å². The molecule has 5 rings (SSSR count). The van der Waals surface area contributed by atoms with Crippen molar-refractivity contribution in [1.82, 2.24) is 4.90 Å². The average Bonchev–Trinajstić information content (AvgIpc) is 3.14. The van der Waals surface area contributed by atoms with Gasteiger partial charge in [0.1, 0.15) is 0 Å². The molecule has 2 unspecified atom stereocenters. The second kappa shape index (κ2) is 8.19. The van der Waals surface area contributed by atoms with Crippen LogP contribution in [0.3, 0.4) is 0 Å². The molecule has 0 radical (unpaired) electrons. The minimum absolute atomic E-state index is 0.00865. The molecule has 1 heterocycles. The van der Waals surface area contributed by atoms with E-state index in [1.54, 1.807) is 5.56 Å². The Balaban J connectivity index is 1.36. The quantitative estimate of drug-likeness (QED) is 0.683. The van der Waals surface area contributed by atoms with Crippen molar-refractivity contribution >= 4 is 5.97 Å². The molecular weight excluding hydrogens is 370 g/mol. The van der Waals surface area contributed by atoms with Crippen LogP contribution in [0.5, 0.6) is 0 Å². The molecule has 1 saturated carbocycles. The van der Waals surface area contributed by atoms with Crippen LogP contribution in [0, 0.1) is 5.92 Å². The lowest BCUT2D eigenvalue weighted by Gasteiger charge is -2.37. The van der Waals surface area contributed by atoms with Crippen LogP contribution >= 0.6 is 0 Å². The van der Waals surface area contributed by atoms with Gasteiger partial charge in [-0.05, 0) is 87.2 Å². The van der Waals surface area contributed by atoms with Crippen LogP contribution in [-0.2, 0) is 27.8 Å². The maximum Gasteiger partial charge on any atom is 0.309 e. The van der Waals surface area contributed by atoms with Crippen molar-refractivity contribution in [2.45, 2.75) is 63.3 Å². The van der Waals surface area contributed by atoms with Gasteiger partial charge < -0.3 is 9.64 Å². The second-order valence-corrected chi connectivity index (χ2v) is 9.52. The first kappa shape index (κ1) is 19.8. The Morgan fingerprint density at radius 1 is 1.00 bits per heavy atom. The fourth-order valence-corrected chi connectivity index (χ4v) is 6.33. The Labute approximate surface area is 180 Å². The lowest BCUT2D eigenvalue weighted by Crippen LogP contribution is -2.43. The summed E-state index contributed by atoms with van der Waals surface area (Å²) in [4.78, 5) is 14.8. The smallest absolute Gasteiger partial charge is 0.309 e. The van der Waals surface area contributed by atoms with E-state index in [2.05, 4.69) is 53.4 Å². The van der Waals surface area contributed by atoms with Crippen LogP contribution in [0.4, 0.5) is 0 Å². The number of benzene rings is 2. The number of hydrogen-bond acceptors (Lipinski definition) is 3. The molecule has 3 nitrogen and oxygen atoms in total. The molecule has 3 aliphatic rings. The van der Waals surface area contributed by atoms with Crippen molar-refractivity contribution < 1.29 is 9.53 Å². The van der Waals surface area contributed by atoms with Gasteiger partial charge in [0, 0.05) is 11.5 Å². The maximum atomic E-state index is 12.1. The van der Waals surface area contributed by atoms with E-state index < -0.39 is 0 Å². The van der Waals surface area contributed by atoms with E-state index in [-0.39, 0.29) is 17.3 Å². The predicted molar refractivity (Wildman–Crippen MR) is 120 cm³/mol. The van der Waals surface area contributed by atoms with Crippen LogP contribution in [0.25, 0.3) is 0 Å². The highest BCUT2D eigenvalue weighted by molar-refractivity contribution is 5.72. The fourth-order valence-electron chi connectivity index (χ4n) is 6.33. The summed E-state index contributed by atoms with van der Waals surface area (Å²) >= 11 is 0. The van der Waals surface area contributed by atoms with Crippen molar-refractivity contribution in [3.63, 3.8) is 0 Å². The van der Waals surface area contributed by atoms with E-state index in [1.807, 2.05) is 6.92 Å². The second-order valence-electron chi connectivity index (χ2n) is 9.52. The summed E-state index contributed by atoms with van der Waals surface area (Å²) in [6.45, 7) is 4.45. The third-order valence-corrected chi connectivity index (χ3v) is 7.87. The molecule has 2 aromatic carbocycles. The van der Waals surface area contributed by atoms with Gasteiger partial charge in [-0.3, -0.25) is 4.79 Å². The van der Waals surface area contributed by atoms with E-state index in [4.69, 9.17) is 4.74 Å². The molecular formula is C27H33NO2. The largest absolute Gasteiger partial charge is 0.466 e. The number of carbonyl (C=O) groups excluding carboxylic acids is 1. The van der Waals surface area contributed by atoms with Gasteiger partial charge in [-0.25, -0.2) is 0 Å². The lowest BCUT2D eigenvalue weighted by molar-refractivity contribution is -0.149. The van der Waals surface area contributed by atoms with E-state index in [1.165, 1.54) is 36.0 Å². The Morgan fingerprint density at radius 2 is 1.70 bits per heavy atom. The molecule has 3 heteroatoms.